The third kappa shape index (κ3) is 4.92. The van der Waals surface area contributed by atoms with E-state index in [1.807, 2.05) is 13.8 Å². The highest BCUT2D eigenvalue weighted by Crippen LogP contribution is 2.21. The molecule has 6 nitrogen and oxygen atoms in total. The van der Waals surface area contributed by atoms with Gasteiger partial charge in [-0.05, 0) is 59.3 Å². The molecular weight excluding hydrogens is 316 g/mol. The maximum atomic E-state index is 12.4. The summed E-state index contributed by atoms with van der Waals surface area (Å²) in [7, 11) is 2.19. The molecule has 0 saturated carbocycles. The van der Waals surface area contributed by atoms with Gasteiger partial charge in [-0.15, -0.1) is 0 Å². The first kappa shape index (κ1) is 18.1. The van der Waals surface area contributed by atoms with Gasteiger partial charge in [0.2, 0.25) is 5.88 Å². The number of pyridine rings is 1. The lowest BCUT2D eigenvalue weighted by Crippen LogP contribution is -2.44. The van der Waals surface area contributed by atoms with Crippen molar-refractivity contribution in [3.63, 3.8) is 0 Å². The fourth-order valence-electron chi connectivity index (χ4n) is 3.69. The maximum Gasteiger partial charge on any atom is 0.253 e. The van der Waals surface area contributed by atoms with Gasteiger partial charge in [0.1, 0.15) is 0 Å². The molecule has 0 spiro atoms. The number of hydrogen-bond acceptors (Lipinski definition) is 5. The Bertz CT molecular complexity index is 567. The molecule has 1 atom stereocenters. The molecule has 25 heavy (non-hydrogen) atoms. The van der Waals surface area contributed by atoms with Gasteiger partial charge >= 0.3 is 0 Å². The largest absolute Gasteiger partial charge is 0.475 e. The van der Waals surface area contributed by atoms with Crippen LogP contribution in [0.15, 0.2) is 18.3 Å². The quantitative estimate of drug-likeness (QED) is 0.880. The molecule has 0 radical (unpaired) electrons. The van der Waals surface area contributed by atoms with E-state index < -0.39 is 0 Å². The highest BCUT2D eigenvalue weighted by Gasteiger charge is 2.30. The van der Waals surface area contributed by atoms with E-state index in [9.17, 15) is 4.79 Å². The SMILES string of the molecule is CC(C)Oc1ccc(C(=O)N[C@@H]2CCN(C3CCN(C)CC3)C2)cn1. The summed E-state index contributed by atoms with van der Waals surface area (Å²) >= 11 is 0. The summed E-state index contributed by atoms with van der Waals surface area (Å²) in [6.07, 6.45) is 5.17. The first-order chi connectivity index (χ1) is 12.0. The Hall–Kier alpha value is -1.66. The van der Waals surface area contributed by atoms with Crippen LogP contribution in [-0.4, -0.2) is 72.1 Å². The van der Waals surface area contributed by atoms with Gasteiger partial charge in [-0.25, -0.2) is 4.98 Å². The van der Waals surface area contributed by atoms with Gasteiger partial charge in [-0.3, -0.25) is 9.69 Å². The van der Waals surface area contributed by atoms with Crippen LogP contribution in [0, 0.1) is 0 Å². The van der Waals surface area contributed by atoms with Crippen LogP contribution in [0.2, 0.25) is 0 Å². The van der Waals surface area contributed by atoms with Gasteiger partial charge in [0, 0.05) is 37.4 Å². The van der Waals surface area contributed by atoms with Crippen molar-refractivity contribution in [2.45, 2.75) is 51.3 Å². The van der Waals surface area contributed by atoms with Crippen LogP contribution in [0.3, 0.4) is 0 Å². The second-order valence-electron chi connectivity index (χ2n) is 7.54. The number of amides is 1. The Labute approximate surface area is 150 Å². The van der Waals surface area contributed by atoms with Crippen LogP contribution < -0.4 is 10.1 Å². The van der Waals surface area contributed by atoms with Crippen LogP contribution in [0.1, 0.15) is 43.5 Å². The number of likely N-dealkylation sites (tertiary alicyclic amines) is 2. The molecular formula is C19H30N4O2. The number of carbonyl (C=O) groups is 1. The summed E-state index contributed by atoms with van der Waals surface area (Å²) in [5.74, 6) is 0.514. The standard InChI is InChI=1S/C19H30N4O2/c1-14(2)25-18-5-4-15(12-20-18)19(24)21-16-6-11-23(13-16)17-7-9-22(3)10-8-17/h4-5,12,14,16-17H,6-11,13H2,1-3H3,(H,21,24)/t16-/m1/s1. The molecule has 3 rings (SSSR count). The van der Waals surface area contributed by atoms with Gasteiger partial charge < -0.3 is 15.0 Å². The Morgan fingerprint density at radius 3 is 2.64 bits per heavy atom. The van der Waals surface area contributed by atoms with E-state index >= 15 is 0 Å². The molecule has 2 aliphatic heterocycles. The van der Waals surface area contributed by atoms with E-state index in [-0.39, 0.29) is 18.1 Å². The van der Waals surface area contributed by atoms with Crippen LogP contribution in [0.25, 0.3) is 0 Å². The zero-order chi connectivity index (χ0) is 17.8. The van der Waals surface area contributed by atoms with Crippen molar-refractivity contribution in [1.29, 1.82) is 0 Å². The Morgan fingerprint density at radius 2 is 2.00 bits per heavy atom. The van der Waals surface area contributed by atoms with Crippen molar-refractivity contribution < 1.29 is 9.53 Å². The molecule has 6 heteroatoms. The topological polar surface area (TPSA) is 57.7 Å². The fraction of sp³-hybridized carbons (Fsp3) is 0.684. The Kier molecular flexibility index (Phi) is 5.91. The number of rotatable bonds is 5. The number of carbonyl (C=O) groups excluding carboxylic acids is 1. The minimum atomic E-state index is -0.0428. The van der Waals surface area contributed by atoms with E-state index in [4.69, 9.17) is 4.74 Å². The fourth-order valence-corrected chi connectivity index (χ4v) is 3.69. The van der Waals surface area contributed by atoms with Crippen LogP contribution >= 0.6 is 0 Å². The highest BCUT2D eigenvalue weighted by atomic mass is 16.5. The van der Waals surface area contributed by atoms with E-state index in [2.05, 4.69) is 27.1 Å². The average molecular weight is 346 g/mol. The smallest absolute Gasteiger partial charge is 0.253 e. The molecule has 2 fully saturated rings. The van der Waals surface area contributed by atoms with Crippen molar-refractivity contribution >= 4 is 5.91 Å². The second-order valence-corrected chi connectivity index (χ2v) is 7.54. The first-order valence-electron chi connectivity index (χ1n) is 9.37. The summed E-state index contributed by atoms with van der Waals surface area (Å²) in [6, 6.07) is 4.45. The summed E-state index contributed by atoms with van der Waals surface area (Å²) in [4.78, 5) is 21.6. The minimum absolute atomic E-state index is 0.0428. The van der Waals surface area contributed by atoms with Crippen molar-refractivity contribution in [3.8, 4) is 5.88 Å². The Balaban J connectivity index is 1.48. The summed E-state index contributed by atoms with van der Waals surface area (Å²) < 4.78 is 5.52. The normalized spacial score (nSPS) is 23.1. The van der Waals surface area contributed by atoms with Crippen LogP contribution in [-0.2, 0) is 0 Å². The van der Waals surface area contributed by atoms with Gasteiger partial charge in [0.25, 0.3) is 5.91 Å². The van der Waals surface area contributed by atoms with Crippen LogP contribution in [0.4, 0.5) is 0 Å². The molecule has 0 aliphatic carbocycles. The van der Waals surface area contributed by atoms with Gasteiger partial charge in [-0.2, -0.15) is 0 Å². The molecule has 0 unspecified atom stereocenters. The molecule has 1 aromatic heterocycles. The number of ether oxygens (including phenoxy) is 1. The number of nitrogens with zero attached hydrogens (tertiary/aromatic N) is 3. The number of aromatic nitrogens is 1. The average Bonchev–Trinajstić information content (AvgIpc) is 3.04. The number of hydrogen-bond donors (Lipinski definition) is 1. The Morgan fingerprint density at radius 1 is 1.24 bits per heavy atom. The predicted octanol–water partition coefficient (Wildman–Crippen LogP) is 1.77. The zero-order valence-corrected chi connectivity index (χ0v) is 15.6. The third-order valence-electron chi connectivity index (χ3n) is 5.11. The minimum Gasteiger partial charge on any atom is -0.475 e. The van der Waals surface area contributed by atoms with E-state index in [1.165, 1.54) is 25.9 Å². The molecule has 3 heterocycles. The maximum absolute atomic E-state index is 12.4. The zero-order valence-electron chi connectivity index (χ0n) is 15.6. The van der Waals surface area contributed by atoms with Crippen molar-refractivity contribution in [3.05, 3.63) is 23.9 Å². The molecule has 0 aromatic carbocycles. The molecule has 0 bridgehead atoms. The third-order valence-corrected chi connectivity index (χ3v) is 5.11. The van der Waals surface area contributed by atoms with Gasteiger partial charge in [0.05, 0.1) is 11.7 Å². The highest BCUT2D eigenvalue weighted by molar-refractivity contribution is 5.94. The molecule has 2 saturated heterocycles. The second kappa shape index (κ2) is 8.15. The number of nitrogens with one attached hydrogen (secondary N) is 1. The van der Waals surface area contributed by atoms with Crippen LogP contribution in [0.5, 0.6) is 5.88 Å². The summed E-state index contributed by atoms with van der Waals surface area (Å²) in [5, 5.41) is 3.16. The molecule has 1 amide bonds. The lowest BCUT2D eigenvalue weighted by molar-refractivity contribution is 0.0931. The van der Waals surface area contributed by atoms with Gasteiger partial charge in [0.15, 0.2) is 0 Å². The van der Waals surface area contributed by atoms with Crippen molar-refractivity contribution in [1.82, 2.24) is 20.1 Å². The van der Waals surface area contributed by atoms with E-state index in [0.29, 0.717) is 17.5 Å². The van der Waals surface area contributed by atoms with Gasteiger partial charge in [-0.1, -0.05) is 0 Å². The summed E-state index contributed by atoms with van der Waals surface area (Å²) in [5.41, 5.74) is 0.592. The lowest BCUT2D eigenvalue weighted by atomic mass is 10.0. The molecule has 2 aliphatic rings. The monoisotopic (exact) mass is 346 g/mol. The van der Waals surface area contributed by atoms with Crippen molar-refractivity contribution in [2.24, 2.45) is 0 Å². The molecule has 138 valence electrons. The predicted molar refractivity (Wildman–Crippen MR) is 98.0 cm³/mol. The number of piperidine rings is 1. The molecule has 1 N–H and O–H groups in total. The first-order valence-corrected chi connectivity index (χ1v) is 9.37. The van der Waals surface area contributed by atoms with E-state index in [0.717, 1.165) is 19.5 Å². The van der Waals surface area contributed by atoms with Crippen molar-refractivity contribution in [2.75, 3.05) is 33.2 Å². The lowest BCUT2D eigenvalue weighted by Gasteiger charge is -2.35. The van der Waals surface area contributed by atoms with E-state index in [1.54, 1.807) is 18.3 Å². The summed E-state index contributed by atoms with van der Waals surface area (Å²) in [6.45, 7) is 8.31. The molecule has 1 aromatic rings.